The molecule has 0 bridgehead atoms. The van der Waals surface area contributed by atoms with Gasteiger partial charge in [0.25, 0.3) is 0 Å². The van der Waals surface area contributed by atoms with Gasteiger partial charge in [-0.2, -0.15) is 5.26 Å². The minimum atomic E-state index is 0.216. The van der Waals surface area contributed by atoms with Crippen molar-refractivity contribution in [3.05, 3.63) is 91.9 Å². The van der Waals surface area contributed by atoms with Crippen molar-refractivity contribution < 1.29 is 14.3 Å². The summed E-state index contributed by atoms with van der Waals surface area (Å²) in [4.78, 5) is 5.38. The van der Waals surface area contributed by atoms with E-state index in [2.05, 4.69) is 43.1 Å². The average Bonchev–Trinajstić information content (AvgIpc) is 2.78. The zero-order valence-corrected chi connectivity index (χ0v) is 20.0. The predicted molar refractivity (Wildman–Crippen MR) is 127 cm³/mol. The molecule has 0 aromatic heterocycles. The molecular weight excluding hydrogens is 524 g/mol. The Morgan fingerprint density at radius 1 is 1.00 bits per heavy atom. The van der Waals surface area contributed by atoms with Gasteiger partial charge in [0.2, 0.25) is 0 Å². The molecule has 3 aromatic rings. The number of halogens is 2. The van der Waals surface area contributed by atoms with Crippen LogP contribution in [0.4, 0.5) is 0 Å². The summed E-state index contributed by atoms with van der Waals surface area (Å²) in [5, 5.41) is 13.2. The normalized spacial score (nSPS) is 10.6. The molecule has 0 spiro atoms. The third kappa shape index (κ3) is 6.58. The molecule has 0 fully saturated rings. The van der Waals surface area contributed by atoms with Crippen LogP contribution in [0.1, 0.15) is 29.2 Å². The Morgan fingerprint density at radius 2 is 1.77 bits per heavy atom. The number of nitrogens with zero attached hydrogens (tertiary/aromatic N) is 2. The van der Waals surface area contributed by atoms with Gasteiger partial charge in [-0.25, -0.2) is 0 Å². The zero-order valence-electron chi connectivity index (χ0n) is 16.8. The number of ether oxygens (including phenoxy) is 2. The second kappa shape index (κ2) is 11.5. The fourth-order valence-electron chi connectivity index (χ4n) is 2.76. The van der Waals surface area contributed by atoms with Crippen molar-refractivity contribution in [2.24, 2.45) is 5.16 Å². The second-order valence-electron chi connectivity index (χ2n) is 6.46. The van der Waals surface area contributed by atoms with Crippen LogP contribution in [0.2, 0.25) is 0 Å². The molecule has 0 aliphatic carbocycles. The van der Waals surface area contributed by atoms with Crippen LogP contribution < -0.4 is 9.47 Å². The summed E-state index contributed by atoms with van der Waals surface area (Å²) in [6.45, 7) is 3.06. The molecule has 0 aliphatic heterocycles. The summed E-state index contributed by atoms with van der Waals surface area (Å²) in [7, 11) is 0. The van der Waals surface area contributed by atoms with Gasteiger partial charge in [-0.3, -0.25) is 0 Å². The molecule has 0 saturated heterocycles. The average molecular weight is 544 g/mol. The lowest BCUT2D eigenvalue weighted by molar-refractivity contribution is 0.132. The van der Waals surface area contributed by atoms with Crippen LogP contribution in [0.5, 0.6) is 11.5 Å². The highest BCUT2D eigenvalue weighted by molar-refractivity contribution is 9.10. The van der Waals surface area contributed by atoms with Gasteiger partial charge in [0.15, 0.2) is 11.5 Å². The van der Waals surface area contributed by atoms with Gasteiger partial charge in [-0.15, -0.1) is 0 Å². The van der Waals surface area contributed by atoms with Crippen LogP contribution in [-0.4, -0.2) is 12.8 Å². The predicted octanol–water partition coefficient (Wildman–Crippen LogP) is 6.61. The Kier molecular flexibility index (Phi) is 8.51. The van der Waals surface area contributed by atoms with E-state index in [4.69, 9.17) is 19.6 Å². The van der Waals surface area contributed by atoms with Crippen LogP contribution in [-0.2, 0) is 18.1 Å². The second-order valence-corrected chi connectivity index (χ2v) is 8.23. The van der Waals surface area contributed by atoms with Crippen LogP contribution >= 0.6 is 31.9 Å². The third-order valence-corrected chi connectivity index (χ3v) is 5.38. The Hall–Kier alpha value is -2.82. The van der Waals surface area contributed by atoms with Crippen molar-refractivity contribution >= 4 is 38.1 Å². The van der Waals surface area contributed by atoms with E-state index >= 15 is 0 Å². The summed E-state index contributed by atoms with van der Waals surface area (Å²) in [6.07, 6.45) is 1.60. The van der Waals surface area contributed by atoms with E-state index in [9.17, 15) is 0 Å². The molecule has 3 rings (SSSR count). The molecule has 0 unspecified atom stereocenters. The Bertz CT molecular complexity index is 1090. The van der Waals surface area contributed by atoms with Crippen molar-refractivity contribution in [1.29, 1.82) is 5.26 Å². The molecular formula is C24H20Br2N2O3. The quantitative estimate of drug-likeness (QED) is 0.225. The van der Waals surface area contributed by atoms with Gasteiger partial charge < -0.3 is 14.3 Å². The van der Waals surface area contributed by atoms with Crippen molar-refractivity contribution in [2.45, 2.75) is 20.1 Å². The fourth-order valence-corrected chi connectivity index (χ4v) is 3.60. The monoisotopic (exact) mass is 542 g/mol. The summed E-state index contributed by atoms with van der Waals surface area (Å²) < 4.78 is 13.6. The molecule has 158 valence electrons. The van der Waals surface area contributed by atoms with Gasteiger partial charge in [-0.05, 0) is 58.7 Å². The lowest BCUT2D eigenvalue weighted by atomic mass is 10.1. The van der Waals surface area contributed by atoms with Gasteiger partial charge in [-0.1, -0.05) is 51.4 Å². The summed E-state index contributed by atoms with van der Waals surface area (Å²) in [5.74, 6) is 1.25. The largest absolute Gasteiger partial charge is 0.490 e. The van der Waals surface area contributed by atoms with Gasteiger partial charge in [0.05, 0.1) is 28.9 Å². The van der Waals surface area contributed by atoms with E-state index in [1.807, 2.05) is 61.5 Å². The van der Waals surface area contributed by atoms with Crippen molar-refractivity contribution in [3.63, 3.8) is 0 Å². The Morgan fingerprint density at radius 3 is 2.52 bits per heavy atom. The van der Waals surface area contributed by atoms with Gasteiger partial charge >= 0.3 is 0 Å². The lowest BCUT2D eigenvalue weighted by Gasteiger charge is -2.14. The highest BCUT2D eigenvalue weighted by Crippen LogP contribution is 2.37. The SMILES string of the molecule is CCOc1cc(/C=N\OCc2ccccc2C#N)cc(Br)c1OCc1ccc(Br)cc1. The van der Waals surface area contributed by atoms with Gasteiger partial charge in [0.1, 0.15) is 13.2 Å². The summed E-state index contributed by atoms with van der Waals surface area (Å²) >= 11 is 7.00. The smallest absolute Gasteiger partial charge is 0.175 e. The van der Waals surface area contributed by atoms with Gasteiger partial charge in [0, 0.05) is 15.6 Å². The molecule has 5 nitrogen and oxygen atoms in total. The minimum absolute atomic E-state index is 0.216. The molecule has 0 saturated carbocycles. The number of rotatable bonds is 9. The number of hydrogen-bond acceptors (Lipinski definition) is 5. The first kappa shape index (κ1) is 22.9. The third-order valence-electron chi connectivity index (χ3n) is 4.26. The molecule has 0 atom stereocenters. The minimum Gasteiger partial charge on any atom is -0.490 e. The Labute approximate surface area is 198 Å². The maximum atomic E-state index is 9.14. The first-order valence-electron chi connectivity index (χ1n) is 9.57. The summed E-state index contributed by atoms with van der Waals surface area (Å²) in [6, 6.07) is 21.1. The van der Waals surface area contributed by atoms with Crippen LogP contribution in [0, 0.1) is 11.3 Å². The first-order valence-corrected chi connectivity index (χ1v) is 11.2. The van der Waals surface area contributed by atoms with Crippen molar-refractivity contribution in [3.8, 4) is 17.6 Å². The highest BCUT2D eigenvalue weighted by atomic mass is 79.9. The number of oxime groups is 1. The standard InChI is InChI=1S/C24H20Br2N2O3/c1-2-29-23-12-18(14-28-31-16-20-6-4-3-5-19(20)13-27)11-22(26)24(23)30-15-17-7-9-21(25)10-8-17/h3-12,14H,2,15-16H2,1H3/b28-14-. The topological polar surface area (TPSA) is 63.8 Å². The van der Waals surface area contributed by atoms with Crippen LogP contribution in [0.15, 0.2) is 74.8 Å². The molecule has 3 aromatic carbocycles. The van der Waals surface area contributed by atoms with Crippen LogP contribution in [0.3, 0.4) is 0 Å². The lowest BCUT2D eigenvalue weighted by Crippen LogP contribution is -2.01. The van der Waals surface area contributed by atoms with Crippen LogP contribution in [0.25, 0.3) is 0 Å². The molecule has 0 amide bonds. The van der Waals surface area contributed by atoms with E-state index in [0.29, 0.717) is 30.3 Å². The molecule has 0 heterocycles. The summed E-state index contributed by atoms with van der Waals surface area (Å²) in [5.41, 5.74) is 3.20. The van der Waals surface area contributed by atoms with Crippen molar-refractivity contribution in [2.75, 3.05) is 6.61 Å². The molecule has 7 heteroatoms. The van der Waals surface area contributed by atoms with E-state index in [1.165, 1.54) is 0 Å². The molecule has 31 heavy (non-hydrogen) atoms. The number of hydrogen-bond donors (Lipinski definition) is 0. The number of nitriles is 1. The molecule has 0 radical (unpaired) electrons. The number of benzene rings is 3. The zero-order chi connectivity index (χ0) is 22.1. The molecule has 0 aliphatic rings. The Balaban J connectivity index is 1.69. The van der Waals surface area contributed by atoms with Crippen molar-refractivity contribution in [1.82, 2.24) is 0 Å². The fraction of sp³-hybridized carbons (Fsp3) is 0.167. The van der Waals surface area contributed by atoms with E-state index in [0.717, 1.165) is 25.6 Å². The van der Waals surface area contributed by atoms with E-state index in [1.54, 1.807) is 12.3 Å². The molecule has 0 N–H and O–H groups in total. The van der Waals surface area contributed by atoms with E-state index in [-0.39, 0.29) is 6.61 Å². The maximum Gasteiger partial charge on any atom is 0.175 e. The highest BCUT2D eigenvalue weighted by Gasteiger charge is 2.12. The van der Waals surface area contributed by atoms with E-state index < -0.39 is 0 Å². The first-order chi connectivity index (χ1) is 15.1. The maximum absolute atomic E-state index is 9.14.